The maximum absolute atomic E-state index is 11.7. The number of ether oxygens (including phenoxy) is 2. The van der Waals surface area contributed by atoms with E-state index < -0.39 is 0 Å². The van der Waals surface area contributed by atoms with Gasteiger partial charge in [0.15, 0.2) is 0 Å². The van der Waals surface area contributed by atoms with Crippen LogP contribution in [-0.2, 0) is 9.53 Å². The lowest BCUT2D eigenvalue weighted by Gasteiger charge is -2.20. The fourth-order valence-electron chi connectivity index (χ4n) is 2.35. The second-order valence-corrected chi connectivity index (χ2v) is 4.77. The quantitative estimate of drug-likeness (QED) is 0.613. The van der Waals surface area contributed by atoms with Crippen LogP contribution in [0.1, 0.15) is 37.7 Å². The van der Waals surface area contributed by atoms with Crippen LogP contribution in [0.4, 0.5) is 0 Å². The molecule has 3 nitrogen and oxygen atoms in total. The van der Waals surface area contributed by atoms with Gasteiger partial charge in [0.25, 0.3) is 0 Å². The van der Waals surface area contributed by atoms with Gasteiger partial charge in [0.1, 0.15) is 11.9 Å². The van der Waals surface area contributed by atoms with Gasteiger partial charge in [-0.25, -0.2) is 4.79 Å². The van der Waals surface area contributed by atoms with E-state index in [1.807, 2.05) is 24.3 Å². The van der Waals surface area contributed by atoms with Crippen molar-refractivity contribution >= 4 is 12.0 Å². The summed E-state index contributed by atoms with van der Waals surface area (Å²) in [6.45, 7) is 0. The molecular formula is C16H20O3. The molecule has 3 heteroatoms. The van der Waals surface area contributed by atoms with Crippen LogP contribution in [0.5, 0.6) is 5.75 Å². The summed E-state index contributed by atoms with van der Waals surface area (Å²) in [6.07, 6.45) is 8.88. The Morgan fingerprint density at radius 1 is 1.21 bits per heavy atom. The highest BCUT2D eigenvalue weighted by Gasteiger charge is 2.16. The second-order valence-electron chi connectivity index (χ2n) is 4.77. The Morgan fingerprint density at radius 3 is 2.68 bits per heavy atom. The number of carbonyl (C=O) groups excluding carboxylic acids is 1. The molecule has 1 aliphatic rings. The summed E-state index contributed by atoms with van der Waals surface area (Å²) in [5.74, 6) is 0.488. The molecule has 0 saturated heterocycles. The molecule has 102 valence electrons. The average Bonchev–Trinajstić information content (AvgIpc) is 2.46. The minimum Gasteiger partial charge on any atom is -0.496 e. The van der Waals surface area contributed by atoms with Gasteiger partial charge in [0.2, 0.25) is 0 Å². The Hall–Kier alpha value is -1.77. The van der Waals surface area contributed by atoms with Crippen LogP contribution in [0.15, 0.2) is 30.3 Å². The molecule has 0 amide bonds. The van der Waals surface area contributed by atoms with Crippen molar-refractivity contribution in [1.82, 2.24) is 0 Å². The SMILES string of the molecule is COc1ccccc1C=CC(=O)OC1CCCCC1. The molecule has 1 fully saturated rings. The first-order valence-corrected chi connectivity index (χ1v) is 6.81. The Kier molecular flexibility index (Phi) is 5.01. The first-order valence-electron chi connectivity index (χ1n) is 6.81. The van der Waals surface area contributed by atoms with Crippen molar-refractivity contribution in [2.45, 2.75) is 38.2 Å². The topological polar surface area (TPSA) is 35.5 Å². The first kappa shape index (κ1) is 13.7. The Morgan fingerprint density at radius 2 is 1.95 bits per heavy atom. The number of benzene rings is 1. The van der Waals surface area contributed by atoms with E-state index in [1.54, 1.807) is 13.2 Å². The van der Waals surface area contributed by atoms with Crippen LogP contribution in [-0.4, -0.2) is 19.2 Å². The summed E-state index contributed by atoms with van der Waals surface area (Å²) < 4.78 is 10.6. The van der Waals surface area contributed by atoms with E-state index in [9.17, 15) is 4.79 Å². The zero-order valence-corrected chi connectivity index (χ0v) is 11.3. The molecule has 0 aromatic heterocycles. The monoisotopic (exact) mass is 260 g/mol. The molecule has 0 radical (unpaired) electrons. The lowest BCUT2D eigenvalue weighted by atomic mass is 9.98. The van der Waals surface area contributed by atoms with Crippen LogP contribution in [0.3, 0.4) is 0 Å². The Balaban J connectivity index is 1.92. The van der Waals surface area contributed by atoms with E-state index in [0.29, 0.717) is 0 Å². The van der Waals surface area contributed by atoms with Gasteiger partial charge in [-0.05, 0) is 37.8 Å². The van der Waals surface area contributed by atoms with Crippen molar-refractivity contribution < 1.29 is 14.3 Å². The lowest BCUT2D eigenvalue weighted by molar-refractivity contribution is -0.144. The van der Waals surface area contributed by atoms with Gasteiger partial charge in [0, 0.05) is 11.6 Å². The van der Waals surface area contributed by atoms with Crippen molar-refractivity contribution in [3.63, 3.8) is 0 Å². The van der Waals surface area contributed by atoms with Gasteiger partial charge in [0.05, 0.1) is 7.11 Å². The van der Waals surface area contributed by atoms with Gasteiger partial charge >= 0.3 is 5.97 Å². The van der Waals surface area contributed by atoms with Crippen LogP contribution in [0, 0.1) is 0 Å². The van der Waals surface area contributed by atoms with Crippen LogP contribution in [0.2, 0.25) is 0 Å². The largest absolute Gasteiger partial charge is 0.496 e. The molecule has 1 aromatic carbocycles. The highest BCUT2D eigenvalue weighted by molar-refractivity contribution is 5.87. The van der Waals surface area contributed by atoms with Crippen LogP contribution >= 0.6 is 0 Å². The third-order valence-electron chi connectivity index (χ3n) is 3.37. The molecule has 0 bridgehead atoms. The van der Waals surface area contributed by atoms with Gasteiger partial charge in [-0.1, -0.05) is 24.6 Å². The molecule has 1 saturated carbocycles. The van der Waals surface area contributed by atoms with E-state index >= 15 is 0 Å². The lowest BCUT2D eigenvalue weighted by Crippen LogP contribution is -2.19. The molecule has 0 aliphatic heterocycles. The van der Waals surface area contributed by atoms with Crippen LogP contribution in [0.25, 0.3) is 6.08 Å². The van der Waals surface area contributed by atoms with E-state index in [-0.39, 0.29) is 12.1 Å². The molecule has 0 heterocycles. The summed E-state index contributed by atoms with van der Waals surface area (Å²) >= 11 is 0. The third kappa shape index (κ3) is 4.12. The molecule has 0 N–H and O–H groups in total. The van der Waals surface area contributed by atoms with Crippen molar-refractivity contribution in [1.29, 1.82) is 0 Å². The maximum Gasteiger partial charge on any atom is 0.331 e. The van der Waals surface area contributed by atoms with Gasteiger partial charge in [-0.15, -0.1) is 0 Å². The smallest absolute Gasteiger partial charge is 0.331 e. The number of hydrogen-bond donors (Lipinski definition) is 0. The first-order chi connectivity index (χ1) is 9.29. The average molecular weight is 260 g/mol. The molecule has 1 aliphatic carbocycles. The predicted molar refractivity (Wildman–Crippen MR) is 75.0 cm³/mol. The van der Waals surface area contributed by atoms with Crippen molar-refractivity contribution in [3.05, 3.63) is 35.9 Å². The second kappa shape index (κ2) is 6.98. The molecule has 2 rings (SSSR count). The van der Waals surface area contributed by atoms with Crippen LogP contribution < -0.4 is 4.74 Å². The maximum atomic E-state index is 11.7. The molecule has 1 aromatic rings. The Labute approximate surface area is 114 Å². The highest BCUT2D eigenvalue weighted by Crippen LogP contribution is 2.21. The number of para-hydroxylation sites is 1. The van der Waals surface area contributed by atoms with E-state index in [2.05, 4.69) is 0 Å². The number of hydrogen-bond acceptors (Lipinski definition) is 3. The third-order valence-corrected chi connectivity index (χ3v) is 3.37. The minimum atomic E-state index is -0.266. The molecule has 0 spiro atoms. The van der Waals surface area contributed by atoms with E-state index in [0.717, 1.165) is 37.0 Å². The zero-order valence-electron chi connectivity index (χ0n) is 11.3. The van der Waals surface area contributed by atoms with Crippen molar-refractivity contribution in [2.75, 3.05) is 7.11 Å². The minimum absolute atomic E-state index is 0.101. The molecule has 0 atom stereocenters. The van der Waals surface area contributed by atoms with Gasteiger partial charge < -0.3 is 9.47 Å². The van der Waals surface area contributed by atoms with Gasteiger partial charge in [-0.2, -0.15) is 0 Å². The van der Waals surface area contributed by atoms with Crippen molar-refractivity contribution in [3.8, 4) is 5.75 Å². The van der Waals surface area contributed by atoms with E-state index in [1.165, 1.54) is 12.5 Å². The summed E-state index contributed by atoms with van der Waals surface area (Å²) in [4.78, 5) is 11.7. The molecule has 0 unspecified atom stereocenters. The fraction of sp³-hybridized carbons (Fsp3) is 0.438. The summed E-state index contributed by atoms with van der Waals surface area (Å²) in [5.41, 5.74) is 0.880. The fourth-order valence-corrected chi connectivity index (χ4v) is 2.35. The predicted octanol–water partition coefficient (Wildman–Crippen LogP) is 3.58. The molecule has 19 heavy (non-hydrogen) atoms. The number of esters is 1. The normalized spacial score (nSPS) is 16.5. The number of methoxy groups -OCH3 is 1. The number of carbonyl (C=O) groups is 1. The van der Waals surface area contributed by atoms with Gasteiger partial charge in [-0.3, -0.25) is 0 Å². The van der Waals surface area contributed by atoms with E-state index in [4.69, 9.17) is 9.47 Å². The summed E-state index contributed by atoms with van der Waals surface area (Å²) in [5, 5.41) is 0. The highest BCUT2D eigenvalue weighted by atomic mass is 16.5. The summed E-state index contributed by atoms with van der Waals surface area (Å²) in [7, 11) is 1.62. The Bertz CT molecular complexity index is 445. The summed E-state index contributed by atoms with van der Waals surface area (Å²) in [6, 6.07) is 7.58. The van der Waals surface area contributed by atoms with Crippen molar-refractivity contribution in [2.24, 2.45) is 0 Å². The standard InChI is InChI=1S/C16H20O3/c1-18-15-10-6-5-7-13(15)11-12-16(17)19-14-8-3-2-4-9-14/h5-7,10-12,14H,2-4,8-9H2,1H3. The molecular weight excluding hydrogens is 240 g/mol. The number of rotatable bonds is 4. The zero-order chi connectivity index (χ0) is 13.5.